The normalized spacial score (nSPS) is 15.5. The summed E-state index contributed by atoms with van der Waals surface area (Å²) in [6.45, 7) is 10.1. The number of halogens is 2. The number of carbonyl (C=O) groups excluding carboxylic acids is 12. The van der Waals surface area contributed by atoms with E-state index in [4.69, 9.17) is 34.2 Å². The van der Waals surface area contributed by atoms with Crippen molar-refractivity contribution in [2.75, 3.05) is 46.7 Å². The number of aryl methyl sites for hydroxylation is 2. The van der Waals surface area contributed by atoms with E-state index in [0.29, 0.717) is 128 Å². The standard InChI is InChI=1S/C56H56N6O10.C22H30Br2N2O5.C17H14N2O2.CH2O3.2K.H/c1-32-18-42-44(57-28-40-23-37-12-6-8-14-46(37)61(40)55(42)67)26-49(32)71-30-35-20-36(22-39(21-35)60-54(66)33(2)19-48(63)34(3)59-52(64)16-10-11-17-53(65)70-5)31-72-51-27-45-43(25-50(51)69-4)56(68)62-41(29-58-45)24-38-13-7-9-15-47(38)62;1-14(22(30)26-18-10-16(12-23)9-17(11-18)13-24)8-19(27)15(2)25-20(28)6-4-5-7-21(29)31-3;1-10-6-13-14(8-16(10)20)18-9-12-7-11-4-2-3-5-15(11)19(12)17(13)21;2-1-4-3;;;/h6-9,12-15,18,20-22,25-29,33-34,40-41H,10-11,16-17,19,23-24,30-31H2,1-5H3,(H,59,64)(H,60,66);9-11,14-15H,4-8,12-13H2,1-3H3,(H,25,28)(H,26,30);2-6,8-9,12,20H,7H2,1H3;1,3H;;;/q;;;;2*+1;-1/p-1/t33-,34-,40-,41-;14-,15+;12-;;;;/m010..../s1. The molecule has 0 saturated carbocycles. The Labute approximate surface area is 857 Å². The van der Waals surface area contributed by atoms with Crippen LogP contribution in [0.15, 0.2) is 161 Å². The number of carbonyl (C=O) groups is 12. The first-order valence-electron chi connectivity index (χ1n) is 41.9. The van der Waals surface area contributed by atoms with Crippen molar-refractivity contribution >= 4 is 167 Å². The molecule has 0 fully saturated rings. The number of nitrogens with one attached hydrogen (secondary N) is 4. The molecule has 30 nitrogen and oxygen atoms in total. The molecule has 6 heterocycles. The van der Waals surface area contributed by atoms with Gasteiger partial charge >= 0.3 is 115 Å². The van der Waals surface area contributed by atoms with Gasteiger partial charge in [-0.2, -0.15) is 0 Å². The maximum Gasteiger partial charge on any atom is 1.00 e. The number of alkyl halides is 2. The SMILES string of the molecule is COC(=O)CCCCC(=O)N[C@@H](C)C(=O)C[C@@H](C)C(=O)Nc1cc(CBr)cc(CBr)c1.COC(=O)CCCCC(=O)N[C@@H](C)C(=O)C[C@H](C)C(=O)Nc1cc(COc2cc3c(cc2C)C(=O)N2c4ccccc4C[C@H]2C=N3)cc(COc2cc3c(cc2OC)C(=O)N2c4ccccc4C[C@H]2C=N3)c1.Cc1cc2c(cc1O)N=C[C@@H]1Cc3ccccc3N1C2=O.O=CO[O-].[H-].[K+].[K+]. The van der Waals surface area contributed by atoms with E-state index >= 15 is 0 Å². The fourth-order valence-corrected chi connectivity index (χ4v) is 16.2. The number of unbranched alkanes of at least 4 members (excludes halogenated alkanes) is 2. The number of Topliss-reactive ketones (excluding diaryl/α,β-unsaturated/α-hetero) is 2. The number of hydrogen-bond acceptors (Lipinski definition) is 23. The molecule has 14 rings (SSSR count). The van der Waals surface area contributed by atoms with Gasteiger partial charge in [-0.15, -0.1) is 0 Å². The minimum absolute atomic E-state index is 0. The summed E-state index contributed by atoms with van der Waals surface area (Å²) in [5, 5.41) is 30.8. The van der Waals surface area contributed by atoms with E-state index in [2.05, 4.69) is 72.5 Å². The second kappa shape index (κ2) is 49.6. The second-order valence-electron chi connectivity index (χ2n) is 31.8. The van der Waals surface area contributed by atoms with Gasteiger partial charge in [-0.3, -0.25) is 87.2 Å². The van der Waals surface area contributed by atoms with Gasteiger partial charge in [-0.25, -0.2) is 0 Å². The van der Waals surface area contributed by atoms with Gasteiger partial charge in [0.25, 0.3) is 24.2 Å². The molecule has 0 radical (unpaired) electrons. The summed E-state index contributed by atoms with van der Waals surface area (Å²) < 4.78 is 27.8. The van der Waals surface area contributed by atoms with Crippen molar-refractivity contribution in [3.63, 3.8) is 0 Å². The Hall–Kier alpha value is -9.80. The predicted molar refractivity (Wildman–Crippen MR) is 490 cm³/mol. The van der Waals surface area contributed by atoms with E-state index in [1.165, 1.54) is 26.9 Å². The molecule has 5 N–H and O–H groups in total. The van der Waals surface area contributed by atoms with E-state index in [-0.39, 0.29) is 245 Å². The van der Waals surface area contributed by atoms with Gasteiger partial charge in [-0.05, 0) is 170 Å². The Morgan fingerprint density at radius 1 is 0.492 bits per heavy atom. The number of fused-ring (bicyclic) bond motifs is 12. The van der Waals surface area contributed by atoms with Crippen molar-refractivity contribution in [3.8, 4) is 23.0 Å². The van der Waals surface area contributed by atoms with Gasteiger partial charge in [0.05, 0.1) is 85.3 Å². The number of ether oxygens (including phenoxy) is 5. The molecule has 0 unspecified atom stereocenters. The van der Waals surface area contributed by atoms with Crippen LogP contribution in [0.3, 0.4) is 0 Å². The third-order valence-corrected chi connectivity index (χ3v) is 23.7. The van der Waals surface area contributed by atoms with Crippen LogP contribution in [-0.4, -0.2) is 147 Å². The van der Waals surface area contributed by atoms with Crippen molar-refractivity contribution in [1.29, 1.82) is 0 Å². The molecular weight excluding hydrogens is 1850 g/mol. The third-order valence-electron chi connectivity index (χ3n) is 22.4. The van der Waals surface area contributed by atoms with E-state index in [9.17, 15) is 57.8 Å². The first-order chi connectivity index (χ1) is 61.5. The summed E-state index contributed by atoms with van der Waals surface area (Å²) >= 11 is 6.84. The number of methoxy groups -OCH3 is 3. The van der Waals surface area contributed by atoms with Gasteiger partial charge in [0.2, 0.25) is 23.6 Å². The molecule has 0 aliphatic carbocycles. The number of hydrogen-bond donors (Lipinski definition) is 5. The summed E-state index contributed by atoms with van der Waals surface area (Å²) in [6, 6.07) is 43.1. The molecule has 6 aliphatic rings. The van der Waals surface area contributed by atoms with Crippen LogP contribution in [0.2, 0.25) is 0 Å². The van der Waals surface area contributed by atoms with Crippen LogP contribution in [0.4, 0.5) is 45.5 Å². The molecule has 7 amide bonds. The van der Waals surface area contributed by atoms with E-state index in [1.807, 2.05) is 110 Å². The number of ketones is 2. The topological polar surface area (TPSA) is 398 Å². The molecule has 672 valence electrons. The molecule has 130 heavy (non-hydrogen) atoms. The number of anilines is 5. The number of phenolic OH excluding ortho intramolecular Hbond substituents is 1. The molecule has 0 aromatic heterocycles. The first-order valence-corrected chi connectivity index (χ1v) is 44.1. The van der Waals surface area contributed by atoms with Crippen LogP contribution in [0, 0.1) is 25.7 Å². The van der Waals surface area contributed by atoms with Crippen molar-refractivity contribution < 1.29 is 201 Å². The number of para-hydroxylation sites is 3. The summed E-state index contributed by atoms with van der Waals surface area (Å²) in [5.74, 6) is -2.71. The molecule has 8 aromatic rings. The maximum atomic E-state index is 14.1. The van der Waals surface area contributed by atoms with E-state index < -0.39 is 29.8 Å². The minimum Gasteiger partial charge on any atom is -1.00 e. The first kappa shape index (κ1) is 104. The Balaban J connectivity index is 0.000000293. The molecule has 34 heteroatoms. The van der Waals surface area contributed by atoms with Gasteiger partial charge < -0.3 is 61.6 Å². The van der Waals surface area contributed by atoms with E-state index in [0.717, 1.165) is 51.3 Å². The number of aliphatic imine (C=N–C) groups is 3. The predicted octanol–water partition coefficient (Wildman–Crippen LogP) is 8.30. The van der Waals surface area contributed by atoms with Crippen molar-refractivity contribution in [2.45, 2.75) is 179 Å². The number of rotatable bonds is 32. The monoisotopic (exact) mass is 1950 g/mol. The van der Waals surface area contributed by atoms with Gasteiger partial charge in [0.15, 0.2) is 23.1 Å². The fourth-order valence-electron chi connectivity index (χ4n) is 15.5. The molecule has 6 aliphatic heterocycles. The van der Waals surface area contributed by atoms with Crippen LogP contribution in [0.1, 0.15) is 174 Å². The van der Waals surface area contributed by atoms with Crippen molar-refractivity contribution in [1.82, 2.24) is 10.6 Å². The zero-order valence-electron chi connectivity index (χ0n) is 75.4. The quantitative estimate of drug-likeness (QED) is 0.00503. The van der Waals surface area contributed by atoms with Gasteiger partial charge in [-0.1, -0.05) is 106 Å². The average Bonchev–Trinajstić information content (AvgIpc) is 1.63. The fraction of sp³-hybridized carbons (Fsp3) is 0.344. The molecule has 0 spiro atoms. The second-order valence-corrected chi connectivity index (χ2v) is 32.9. The summed E-state index contributed by atoms with van der Waals surface area (Å²) in [5.41, 5.74) is 14.9. The number of esters is 2. The van der Waals surface area contributed by atoms with Crippen LogP contribution >= 0.6 is 31.9 Å². The Bertz CT molecular complexity index is 5640. The number of benzene rings is 8. The van der Waals surface area contributed by atoms with Gasteiger partial charge in [0, 0.05) is 146 Å². The van der Waals surface area contributed by atoms with Crippen LogP contribution in [-0.2, 0) is 101 Å². The molecule has 8 aromatic carbocycles. The van der Waals surface area contributed by atoms with Crippen LogP contribution in [0.25, 0.3) is 0 Å². The maximum absolute atomic E-state index is 14.1. The Kier molecular flexibility index (Phi) is 39.7. The zero-order chi connectivity index (χ0) is 92.0. The number of nitrogens with zero attached hydrogens (tertiary/aromatic N) is 6. The molecular formula is C96H102Br2K2N10O20. The number of amides is 7. The van der Waals surface area contributed by atoms with Crippen LogP contribution < -0.4 is 158 Å². The number of aromatic hydroxyl groups is 1. The smallest absolute Gasteiger partial charge is 1.00 e. The Morgan fingerprint density at radius 3 is 1.24 bits per heavy atom. The van der Waals surface area contributed by atoms with Crippen molar-refractivity contribution in [3.05, 3.63) is 212 Å². The average molecular weight is 1950 g/mol. The minimum atomic E-state index is -0.825. The number of phenols is 1. The van der Waals surface area contributed by atoms with Gasteiger partial charge in [0.1, 0.15) is 24.7 Å². The zero-order valence-corrected chi connectivity index (χ0v) is 83.8. The summed E-state index contributed by atoms with van der Waals surface area (Å²) in [6.07, 6.45) is 10.3. The third kappa shape index (κ3) is 27.0. The van der Waals surface area contributed by atoms with E-state index in [1.54, 1.807) is 110 Å². The Morgan fingerprint density at radius 2 is 0.846 bits per heavy atom. The molecule has 0 bridgehead atoms. The summed E-state index contributed by atoms with van der Waals surface area (Å²) in [7, 11) is 4.14. The molecule has 0 saturated heterocycles. The largest absolute Gasteiger partial charge is 1.00 e. The van der Waals surface area contributed by atoms with Crippen molar-refractivity contribution in [2.24, 2.45) is 26.8 Å². The summed E-state index contributed by atoms with van der Waals surface area (Å²) in [4.78, 5) is 170. The molecule has 7 atom stereocenters. The van der Waals surface area contributed by atoms with Crippen LogP contribution in [0.5, 0.6) is 23.0 Å².